The molecule has 216 valence electrons. The lowest BCUT2D eigenvalue weighted by molar-refractivity contribution is 0.299. The largest absolute Gasteiger partial charge is 0.483 e. The molecule has 4 aromatic rings. The molecule has 0 bridgehead atoms. The van der Waals surface area contributed by atoms with E-state index in [1.807, 2.05) is 109 Å². The van der Waals surface area contributed by atoms with Crippen LogP contribution in [0.15, 0.2) is 107 Å². The van der Waals surface area contributed by atoms with Gasteiger partial charge in [-0.3, -0.25) is 9.59 Å². The number of aryl methyl sites for hydroxylation is 2. The lowest BCUT2D eigenvalue weighted by Gasteiger charge is -2.10. The van der Waals surface area contributed by atoms with Gasteiger partial charge in [0.2, 0.25) is 0 Å². The number of ether oxygens (including phenoxy) is 2. The molecule has 8 heteroatoms. The van der Waals surface area contributed by atoms with Crippen LogP contribution in [-0.2, 0) is 26.3 Å². The third kappa shape index (κ3) is 10.5. The fourth-order valence-corrected chi connectivity index (χ4v) is 6.17. The number of rotatable bonds is 18. The number of hydrogen-bond acceptors (Lipinski definition) is 6. The molecule has 2 aromatic heterocycles. The minimum Gasteiger partial charge on any atom is -0.483 e. The van der Waals surface area contributed by atoms with Gasteiger partial charge >= 0.3 is 0 Å². The van der Waals surface area contributed by atoms with E-state index in [1.165, 1.54) is 0 Å². The molecular formula is C33H38N2O4S2. The highest BCUT2D eigenvalue weighted by molar-refractivity contribution is 8.00. The Balaban J connectivity index is 1.04. The van der Waals surface area contributed by atoms with Crippen molar-refractivity contribution in [3.8, 4) is 11.5 Å². The van der Waals surface area contributed by atoms with Crippen LogP contribution < -0.4 is 20.6 Å². The van der Waals surface area contributed by atoms with Crippen molar-refractivity contribution in [3.63, 3.8) is 0 Å². The highest BCUT2D eigenvalue weighted by Crippen LogP contribution is 2.13. The fourth-order valence-electron chi connectivity index (χ4n) is 4.21. The molecule has 0 radical (unpaired) electrons. The normalized spacial score (nSPS) is 10.9. The molecular weight excluding hydrogens is 553 g/mol. The predicted molar refractivity (Wildman–Crippen MR) is 171 cm³/mol. The molecule has 0 spiro atoms. The van der Waals surface area contributed by atoms with Crippen LogP contribution in [0.25, 0.3) is 0 Å². The van der Waals surface area contributed by atoms with E-state index in [0.717, 1.165) is 53.4 Å². The summed E-state index contributed by atoms with van der Waals surface area (Å²) in [7, 11) is 0. The van der Waals surface area contributed by atoms with Crippen LogP contribution in [0.2, 0.25) is 0 Å². The minimum atomic E-state index is -0.0708. The Hall–Kier alpha value is -3.36. The molecule has 0 fully saturated rings. The summed E-state index contributed by atoms with van der Waals surface area (Å²) in [5.74, 6) is 5.07. The quantitative estimate of drug-likeness (QED) is 0.123. The summed E-state index contributed by atoms with van der Waals surface area (Å²) in [4.78, 5) is 25.4. The van der Waals surface area contributed by atoms with Crippen LogP contribution in [0.5, 0.6) is 11.5 Å². The molecule has 41 heavy (non-hydrogen) atoms. The van der Waals surface area contributed by atoms with Gasteiger partial charge in [-0.25, -0.2) is 0 Å². The van der Waals surface area contributed by atoms with Crippen molar-refractivity contribution in [2.24, 2.45) is 0 Å². The van der Waals surface area contributed by atoms with Gasteiger partial charge in [0.05, 0.1) is 0 Å². The van der Waals surface area contributed by atoms with Crippen molar-refractivity contribution in [2.75, 3.05) is 23.0 Å². The molecule has 6 nitrogen and oxygen atoms in total. The van der Waals surface area contributed by atoms with Crippen molar-refractivity contribution < 1.29 is 9.47 Å². The molecule has 0 N–H and O–H groups in total. The average molecular weight is 591 g/mol. The second kappa shape index (κ2) is 17.5. The van der Waals surface area contributed by atoms with Crippen LogP contribution in [0, 0.1) is 0 Å². The average Bonchev–Trinajstić information content (AvgIpc) is 3.01. The summed E-state index contributed by atoms with van der Waals surface area (Å²) >= 11 is 3.88. The molecule has 2 heterocycles. The van der Waals surface area contributed by atoms with Gasteiger partial charge in [0.15, 0.2) is 11.5 Å². The van der Waals surface area contributed by atoms with E-state index in [9.17, 15) is 9.59 Å². The summed E-state index contributed by atoms with van der Waals surface area (Å²) in [5.41, 5.74) is 1.95. The third-order valence-electron chi connectivity index (χ3n) is 6.40. The van der Waals surface area contributed by atoms with E-state index in [-0.39, 0.29) is 11.1 Å². The van der Waals surface area contributed by atoms with E-state index in [1.54, 1.807) is 21.3 Å². The zero-order chi connectivity index (χ0) is 28.5. The zero-order valence-electron chi connectivity index (χ0n) is 23.4. The molecule has 0 aliphatic carbocycles. The Kier molecular flexibility index (Phi) is 13.0. The zero-order valence-corrected chi connectivity index (χ0v) is 25.0. The number of pyridine rings is 2. The van der Waals surface area contributed by atoms with Crippen LogP contribution >= 0.6 is 23.5 Å². The maximum absolute atomic E-state index is 12.7. The Labute approximate surface area is 250 Å². The molecule has 0 saturated heterocycles. The summed E-state index contributed by atoms with van der Waals surface area (Å²) in [6.45, 7) is 2.18. The molecule has 2 aromatic carbocycles. The smallest absolute Gasteiger partial charge is 0.292 e. The molecule has 0 aliphatic rings. The number of nitrogens with zero attached hydrogens (tertiary/aromatic N) is 2. The van der Waals surface area contributed by atoms with Gasteiger partial charge in [-0.1, -0.05) is 60.7 Å². The highest BCUT2D eigenvalue weighted by Gasteiger charge is 2.06. The monoisotopic (exact) mass is 590 g/mol. The third-order valence-corrected chi connectivity index (χ3v) is 8.71. The van der Waals surface area contributed by atoms with E-state index in [0.29, 0.717) is 37.8 Å². The Morgan fingerprint density at radius 3 is 1.37 bits per heavy atom. The van der Waals surface area contributed by atoms with Gasteiger partial charge in [0.25, 0.3) is 11.1 Å². The van der Waals surface area contributed by atoms with Crippen LogP contribution in [-0.4, -0.2) is 32.1 Å². The molecule has 0 amide bonds. The van der Waals surface area contributed by atoms with E-state index in [4.69, 9.17) is 9.47 Å². The van der Waals surface area contributed by atoms with Gasteiger partial charge in [-0.05, 0) is 77.7 Å². The number of aromatic nitrogens is 2. The Bertz CT molecular complexity index is 1320. The topological polar surface area (TPSA) is 62.5 Å². The van der Waals surface area contributed by atoms with Crippen molar-refractivity contribution >= 4 is 23.5 Å². The van der Waals surface area contributed by atoms with Crippen molar-refractivity contribution in [1.82, 2.24) is 9.13 Å². The van der Waals surface area contributed by atoms with Crippen molar-refractivity contribution in [3.05, 3.63) is 129 Å². The van der Waals surface area contributed by atoms with Gasteiger partial charge in [0.1, 0.15) is 13.2 Å². The standard InChI is InChI=1S/C33H38N2O4S2/c36-32-30(38-26-28-12-3-1-4-13-28)16-7-18-34(32)20-9-22-40-24-11-25-41-23-10-21-35-19-8-17-31(33(35)37)39-27-29-14-5-2-6-15-29/h1-8,12-19H,9-11,20-27H2. The second-order valence-corrected chi connectivity index (χ2v) is 12.0. The lowest BCUT2D eigenvalue weighted by atomic mass is 10.2. The number of hydrogen-bond donors (Lipinski definition) is 0. The fraction of sp³-hybridized carbons (Fsp3) is 0.333. The SMILES string of the molecule is O=c1c(OCc2ccccc2)cccn1CCCSCCCSCCCn1cccc(OCc2ccccc2)c1=O. The molecule has 4 rings (SSSR count). The summed E-state index contributed by atoms with van der Waals surface area (Å²) in [5, 5.41) is 0. The van der Waals surface area contributed by atoms with E-state index >= 15 is 0 Å². The summed E-state index contributed by atoms with van der Waals surface area (Å²) in [6.07, 6.45) is 6.72. The molecule has 0 saturated carbocycles. The number of benzene rings is 2. The predicted octanol–water partition coefficient (Wildman–Crippen LogP) is 6.50. The molecule has 0 atom stereocenters. The highest BCUT2D eigenvalue weighted by atomic mass is 32.2. The summed E-state index contributed by atoms with van der Waals surface area (Å²) in [6, 6.07) is 27.0. The second-order valence-electron chi connectivity index (χ2n) is 9.58. The van der Waals surface area contributed by atoms with Crippen LogP contribution in [0.1, 0.15) is 30.4 Å². The van der Waals surface area contributed by atoms with Crippen molar-refractivity contribution in [1.29, 1.82) is 0 Å². The summed E-state index contributed by atoms with van der Waals surface area (Å²) < 4.78 is 15.0. The Morgan fingerprint density at radius 1 is 0.512 bits per heavy atom. The maximum atomic E-state index is 12.7. The van der Waals surface area contributed by atoms with E-state index < -0.39 is 0 Å². The first-order valence-corrected chi connectivity index (χ1v) is 16.4. The first kappa shape index (κ1) is 30.6. The molecule has 0 aliphatic heterocycles. The van der Waals surface area contributed by atoms with Crippen molar-refractivity contribution in [2.45, 2.75) is 45.6 Å². The van der Waals surface area contributed by atoms with E-state index in [2.05, 4.69) is 0 Å². The van der Waals surface area contributed by atoms with Gasteiger partial charge < -0.3 is 18.6 Å². The lowest BCUT2D eigenvalue weighted by Crippen LogP contribution is -2.21. The van der Waals surface area contributed by atoms with Crippen LogP contribution in [0.3, 0.4) is 0 Å². The first-order valence-electron chi connectivity index (χ1n) is 14.1. The molecule has 0 unspecified atom stereocenters. The first-order chi connectivity index (χ1) is 20.2. The van der Waals surface area contributed by atoms with Gasteiger partial charge in [0, 0.05) is 25.5 Å². The minimum absolute atomic E-state index is 0.0708. The van der Waals surface area contributed by atoms with Crippen LogP contribution in [0.4, 0.5) is 0 Å². The number of thioether (sulfide) groups is 2. The maximum Gasteiger partial charge on any atom is 0.292 e. The van der Waals surface area contributed by atoms with Gasteiger partial charge in [-0.2, -0.15) is 23.5 Å². The van der Waals surface area contributed by atoms with Gasteiger partial charge in [-0.15, -0.1) is 0 Å². The Morgan fingerprint density at radius 2 is 0.927 bits per heavy atom.